The zero-order valence-electron chi connectivity index (χ0n) is 10.7. The van der Waals surface area contributed by atoms with Crippen molar-refractivity contribution < 1.29 is 0 Å². The molecule has 0 spiro atoms. The Hall–Kier alpha value is -0.341. The van der Waals surface area contributed by atoms with E-state index < -0.39 is 0 Å². The minimum absolute atomic E-state index is 0.614. The molecule has 4 heteroatoms. The minimum atomic E-state index is 0.614. The summed E-state index contributed by atoms with van der Waals surface area (Å²) >= 11 is 4.82. The molecule has 20 heavy (non-hydrogen) atoms. The van der Waals surface area contributed by atoms with Crippen molar-refractivity contribution in [3.63, 3.8) is 0 Å². The first-order chi connectivity index (χ1) is 9.95. The van der Waals surface area contributed by atoms with Gasteiger partial charge in [-0.3, -0.25) is 0 Å². The van der Waals surface area contributed by atoms with Crippen LogP contribution < -0.4 is 0 Å². The second kappa shape index (κ2) is 10.4. The Balaban J connectivity index is 1.59. The van der Waals surface area contributed by atoms with Crippen LogP contribution in [0.15, 0.2) is 91.2 Å². The van der Waals surface area contributed by atoms with Gasteiger partial charge in [0.15, 0.2) is 0 Å². The average Bonchev–Trinajstić information content (AvgIpc) is 2.52. The number of benzene rings is 2. The molecule has 0 amide bonds. The average molecular weight is 428 g/mol. The predicted molar refractivity (Wildman–Crippen MR) is 94.4 cm³/mol. The molecular weight excluding hydrogens is 414 g/mol. The monoisotopic (exact) mass is 430 g/mol. The molecule has 0 aromatic heterocycles. The van der Waals surface area contributed by atoms with Crippen molar-refractivity contribution in [1.82, 2.24) is 0 Å². The van der Waals surface area contributed by atoms with Gasteiger partial charge in [0.05, 0.1) is 0 Å². The molecule has 0 aliphatic heterocycles. The van der Waals surface area contributed by atoms with E-state index >= 15 is 0 Å². The molecule has 102 valence electrons. The fourth-order valence-corrected chi connectivity index (χ4v) is 8.37. The van der Waals surface area contributed by atoms with Crippen molar-refractivity contribution in [2.45, 2.75) is 9.79 Å². The van der Waals surface area contributed by atoms with E-state index in [1.165, 1.54) is 9.79 Å². The fourth-order valence-electron chi connectivity index (χ4n) is 1.32. The first kappa shape index (κ1) is 16.0. The normalized spacial score (nSPS) is 11.4. The number of hydrogen-bond acceptors (Lipinski definition) is 2. The SMILES string of the molecule is C(=C\[Se][Se]/C=C/Sc1ccccc1)/Sc1ccccc1. The van der Waals surface area contributed by atoms with Gasteiger partial charge in [0, 0.05) is 0 Å². The third-order valence-electron chi connectivity index (χ3n) is 2.17. The Morgan fingerprint density at radius 1 is 0.600 bits per heavy atom. The van der Waals surface area contributed by atoms with Crippen LogP contribution in [0.2, 0.25) is 0 Å². The van der Waals surface area contributed by atoms with Crippen LogP contribution in [0.4, 0.5) is 0 Å². The molecule has 0 fully saturated rings. The summed E-state index contributed by atoms with van der Waals surface area (Å²) in [7, 11) is 0. The molecule has 0 aliphatic rings. The Kier molecular flexibility index (Phi) is 8.34. The Morgan fingerprint density at radius 3 is 1.40 bits per heavy atom. The summed E-state index contributed by atoms with van der Waals surface area (Å²) < 4.78 is 0. The standard InChI is InChI=1S/C16H14S2Se2/c1-3-7-15(8-4-1)17-11-13-19-20-14-12-18-16-9-5-2-6-10-16/h1-14H/b13-11+,14-12+. The maximum atomic E-state index is 2.32. The number of hydrogen-bond donors (Lipinski definition) is 0. The van der Waals surface area contributed by atoms with E-state index in [1.54, 1.807) is 23.5 Å². The number of thioether (sulfide) groups is 2. The van der Waals surface area contributed by atoms with Crippen LogP contribution >= 0.6 is 23.5 Å². The van der Waals surface area contributed by atoms with Gasteiger partial charge < -0.3 is 0 Å². The van der Waals surface area contributed by atoms with E-state index in [-0.39, 0.29) is 0 Å². The van der Waals surface area contributed by atoms with Gasteiger partial charge in [-0.2, -0.15) is 0 Å². The van der Waals surface area contributed by atoms with E-state index in [1.807, 2.05) is 0 Å². The first-order valence-electron chi connectivity index (χ1n) is 6.01. The van der Waals surface area contributed by atoms with Crippen LogP contribution in [-0.4, -0.2) is 26.3 Å². The van der Waals surface area contributed by atoms with Gasteiger partial charge in [0.25, 0.3) is 0 Å². The van der Waals surface area contributed by atoms with Crippen LogP contribution in [0, 0.1) is 0 Å². The molecule has 0 heterocycles. The van der Waals surface area contributed by atoms with Gasteiger partial charge >= 0.3 is 141 Å². The fraction of sp³-hybridized carbons (Fsp3) is 0. The molecule has 0 radical (unpaired) electrons. The van der Waals surface area contributed by atoms with E-state index in [0.717, 1.165) is 0 Å². The van der Waals surface area contributed by atoms with E-state index in [4.69, 9.17) is 0 Å². The summed E-state index contributed by atoms with van der Waals surface area (Å²) in [6.07, 6.45) is 0. The maximum absolute atomic E-state index is 2.32. The van der Waals surface area contributed by atoms with Gasteiger partial charge in [-0.05, 0) is 0 Å². The van der Waals surface area contributed by atoms with Crippen LogP contribution in [0.5, 0.6) is 0 Å². The van der Waals surface area contributed by atoms with Crippen LogP contribution in [-0.2, 0) is 0 Å². The summed E-state index contributed by atoms with van der Waals surface area (Å²) in [5, 5.41) is 4.44. The van der Waals surface area contributed by atoms with Crippen molar-refractivity contribution in [1.29, 1.82) is 0 Å². The van der Waals surface area contributed by atoms with E-state index in [9.17, 15) is 0 Å². The quantitative estimate of drug-likeness (QED) is 0.352. The Bertz CT molecular complexity index is 487. The van der Waals surface area contributed by atoms with E-state index in [0.29, 0.717) is 26.3 Å². The van der Waals surface area contributed by atoms with Gasteiger partial charge in [-0.15, -0.1) is 0 Å². The molecule has 2 rings (SSSR count). The van der Waals surface area contributed by atoms with Crippen molar-refractivity contribution >= 4 is 49.8 Å². The van der Waals surface area contributed by atoms with Gasteiger partial charge in [-0.25, -0.2) is 0 Å². The van der Waals surface area contributed by atoms with E-state index in [2.05, 4.69) is 81.4 Å². The summed E-state index contributed by atoms with van der Waals surface area (Å²) in [5.74, 6) is 0. The molecule has 0 nitrogen and oxygen atoms in total. The predicted octanol–water partition coefficient (Wildman–Crippen LogP) is 4.84. The summed E-state index contributed by atoms with van der Waals surface area (Å²) in [6, 6.07) is 21.0. The Morgan fingerprint density at radius 2 is 1.00 bits per heavy atom. The molecule has 0 saturated carbocycles. The zero-order chi connectivity index (χ0) is 13.9. The summed E-state index contributed by atoms with van der Waals surface area (Å²) in [5.41, 5.74) is 0. The second-order valence-corrected chi connectivity index (χ2v) is 11.7. The molecule has 2 aromatic rings. The van der Waals surface area contributed by atoms with Gasteiger partial charge in [0.2, 0.25) is 0 Å². The van der Waals surface area contributed by atoms with Crippen molar-refractivity contribution in [2.75, 3.05) is 0 Å². The topological polar surface area (TPSA) is 0 Å². The molecule has 0 bridgehead atoms. The van der Waals surface area contributed by atoms with Crippen molar-refractivity contribution in [2.24, 2.45) is 0 Å². The van der Waals surface area contributed by atoms with Crippen molar-refractivity contribution in [3.05, 3.63) is 81.4 Å². The van der Waals surface area contributed by atoms with Gasteiger partial charge in [0.1, 0.15) is 0 Å². The molecule has 0 atom stereocenters. The molecule has 2 aromatic carbocycles. The van der Waals surface area contributed by atoms with Crippen LogP contribution in [0.3, 0.4) is 0 Å². The molecule has 0 saturated heterocycles. The third kappa shape index (κ3) is 6.90. The number of rotatable bonds is 7. The Labute approximate surface area is 140 Å². The first-order valence-corrected chi connectivity index (χ1v) is 14.1. The summed E-state index contributed by atoms with van der Waals surface area (Å²) in [6.45, 7) is 0. The van der Waals surface area contributed by atoms with Gasteiger partial charge in [-0.1, -0.05) is 0 Å². The zero-order valence-corrected chi connectivity index (χ0v) is 15.8. The van der Waals surface area contributed by atoms with Crippen LogP contribution in [0.1, 0.15) is 0 Å². The molecular formula is C16H14S2Se2. The molecule has 0 N–H and O–H groups in total. The third-order valence-corrected chi connectivity index (χ3v) is 9.49. The summed E-state index contributed by atoms with van der Waals surface area (Å²) in [4.78, 5) is 7.26. The molecule has 0 unspecified atom stereocenters. The van der Waals surface area contributed by atoms with Crippen molar-refractivity contribution in [3.8, 4) is 0 Å². The molecule has 0 aliphatic carbocycles. The second-order valence-electron chi connectivity index (χ2n) is 3.60. The van der Waals surface area contributed by atoms with Crippen LogP contribution in [0.25, 0.3) is 0 Å².